The molecule has 1 saturated heterocycles. The molecule has 0 aromatic heterocycles. The SMILES string of the molecule is CCc1cc(CCNCC2CCCN2)ccc1OC. The molecule has 1 atom stereocenters. The molecule has 1 unspecified atom stereocenters. The summed E-state index contributed by atoms with van der Waals surface area (Å²) in [7, 11) is 1.74. The van der Waals surface area contributed by atoms with E-state index in [-0.39, 0.29) is 0 Å². The van der Waals surface area contributed by atoms with Crippen molar-refractivity contribution in [3.63, 3.8) is 0 Å². The Morgan fingerprint density at radius 2 is 2.32 bits per heavy atom. The van der Waals surface area contributed by atoms with Crippen LogP contribution in [0.25, 0.3) is 0 Å². The van der Waals surface area contributed by atoms with Gasteiger partial charge in [-0.1, -0.05) is 19.1 Å². The average Bonchev–Trinajstić information content (AvgIpc) is 2.96. The molecule has 2 rings (SSSR count). The number of hydrogen-bond donors (Lipinski definition) is 2. The third-order valence-corrected chi connectivity index (χ3v) is 3.87. The van der Waals surface area contributed by atoms with E-state index >= 15 is 0 Å². The molecule has 1 aliphatic heterocycles. The van der Waals surface area contributed by atoms with Crippen molar-refractivity contribution in [2.75, 3.05) is 26.7 Å². The number of hydrogen-bond acceptors (Lipinski definition) is 3. The van der Waals surface area contributed by atoms with Crippen LogP contribution >= 0.6 is 0 Å². The van der Waals surface area contributed by atoms with E-state index in [1.807, 2.05) is 0 Å². The molecule has 0 radical (unpaired) electrons. The van der Waals surface area contributed by atoms with Crippen molar-refractivity contribution in [3.05, 3.63) is 29.3 Å². The van der Waals surface area contributed by atoms with Crippen LogP contribution in [-0.2, 0) is 12.8 Å². The second-order valence-electron chi connectivity index (χ2n) is 5.25. The molecule has 1 aromatic carbocycles. The Bertz CT molecular complexity index is 386. The highest BCUT2D eigenvalue weighted by molar-refractivity contribution is 5.37. The van der Waals surface area contributed by atoms with Gasteiger partial charge in [0.1, 0.15) is 5.75 Å². The van der Waals surface area contributed by atoms with E-state index in [0.717, 1.165) is 31.7 Å². The summed E-state index contributed by atoms with van der Waals surface area (Å²) in [4.78, 5) is 0. The maximum atomic E-state index is 5.36. The zero-order chi connectivity index (χ0) is 13.5. The molecule has 1 aliphatic rings. The van der Waals surface area contributed by atoms with Gasteiger partial charge in [-0.2, -0.15) is 0 Å². The van der Waals surface area contributed by atoms with Gasteiger partial charge in [-0.15, -0.1) is 0 Å². The normalized spacial score (nSPS) is 18.7. The molecule has 0 aliphatic carbocycles. The fraction of sp³-hybridized carbons (Fsp3) is 0.625. The van der Waals surface area contributed by atoms with Crippen LogP contribution in [0.4, 0.5) is 0 Å². The van der Waals surface area contributed by atoms with E-state index in [1.165, 1.54) is 30.5 Å². The van der Waals surface area contributed by atoms with Gasteiger partial charge in [0, 0.05) is 12.6 Å². The van der Waals surface area contributed by atoms with Crippen LogP contribution in [0.1, 0.15) is 30.9 Å². The molecule has 1 heterocycles. The smallest absolute Gasteiger partial charge is 0.122 e. The number of rotatable bonds is 7. The molecule has 3 nitrogen and oxygen atoms in total. The van der Waals surface area contributed by atoms with Gasteiger partial charge >= 0.3 is 0 Å². The highest BCUT2D eigenvalue weighted by atomic mass is 16.5. The maximum Gasteiger partial charge on any atom is 0.122 e. The lowest BCUT2D eigenvalue weighted by atomic mass is 10.1. The van der Waals surface area contributed by atoms with Gasteiger partial charge in [-0.05, 0) is 56.0 Å². The lowest BCUT2D eigenvalue weighted by Gasteiger charge is -2.12. The second kappa shape index (κ2) is 7.51. The first-order chi connectivity index (χ1) is 9.33. The fourth-order valence-corrected chi connectivity index (χ4v) is 2.70. The summed E-state index contributed by atoms with van der Waals surface area (Å²) in [6, 6.07) is 7.22. The zero-order valence-electron chi connectivity index (χ0n) is 12.2. The molecule has 1 fully saturated rings. The Morgan fingerprint density at radius 3 is 3.00 bits per heavy atom. The number of benzene rings is 1. The second-order valence-corrected chi connectivity index (χ2v) is 5.25. The largest absolute Gasteiger partial charge is 0.496 e. The third kappa shape index (κ3) is 4.22. The molecule has 3 heteroatoms. The van der Waals surface area contributed by atoms with Gasteiger partial charge in [-0.25, -0.2) is 0 Å². The third-order valence-electron chi connectivity index (χ3n) is 3.87. The quantitative estimate of drug-likeness (QED) is 0.739. The molecular weight excluding hydrogens is 236 g/mol. The summed E-state index contributed by atoms with van der Waals surface area (Å²) >= 11 is 0. The van der Waals surface area contributed by atoms with Crippen LogP contribution in [0.2, 0.25) is 0 Å². The highest BCUT2D eigenvalue weighted by Crippen LogP contribution is 2.20. The standard InChI is InChI=1S/C16H26N2O/c1-3-14-11-13(6-7-16(14)19-2)8-10-17-12-15-5-4-9-18-15/h6-7,11,15,17-18H,3-5,8-10,12H2,1-2H3. The van der Waals surface area contributed by atoms with Gasteiger partial charge in [0.15, 0.2) is 0 Å². The van der Waals surface area contributed by atoms with E-state index in [0.29, 0.717) is 6.04 Å². The Kier molecular flexibility index (Phi) is 5.67. The summed E-state index contributed by atoms with van der Waals surface area (Å²) in [5.74, 6) is 1.01. The summed E-state index contributed by atoms with van der Waals surface area (Å²) in [6.45, 7) is 5.50. The predicted molar refractivity (Wildman–Crippen MR) is 80.0 cm³/mol. The monoisotopic (exact) mass is 262 g/mol. The number of aryl methyl sites for hydroxylation is 1. The Hall–Kier alpha value is -1.06. The molecule has 19 heavy (non-hydrogen) atoms. The zero-order valence-corrected chi connectivity index (χ0v) is 12.2. The Balaban J connectivity index is 1.75. The maximum absolute atomic E-state index is 5.36. The predicted octanol–water partition coefficient (Wildman–Crippen LogP) is 2.14. The molecule has 2 N–H and O–H groups in total. The van der Waals surface area contributed by atoms with Crippen molar-refractivity contribution in [1.29, 1.82) is 0 Å². The van der Waals surface area contributed by atoms with Crippen LogP contribution in [0.15, 0.2) is 18.2 Å². The van der Waals surface area contributed by atoms with E-state index in [4.69, 9.17) is 4.74 Å². The molecule has 0 bridgehead atoms. The first-order valence-electron chi connectivity index (χ1n) is 7.43. The fourth-order valence-electron chi connectivity index (χ4n) is 2.70. The van der Waals surface area contributed by atoms with Crippen molar-refractivity contribution in [3.8, 4) is 5.75 Å². The van der Waals surface area contributed by atoms with E-state index in [9.17, 15) is 0 Å². The summed E-state index contributed by atoms with van der Waals surface area (Å²) < 4.78 is 5.36. The van der Waals surface area contributed by atoms with Gasteiger partial charge in [0.2, 0.25) is 0 Å². The van der Waals surface area contributed by atoms with Crippen LogP contribution < -0.4 is 15.4 Å². The summed E-state index contributed by atoms with van der Waals surface area (Å²) in [5, 5.41) is 7.06. The van der Waals surface area contributed by atoms with Crippen molar-refractivity contribution in [2.24, 2.45) is 0 Å². The topological polar surface area (TPSA) is 33.3 Å². The minimum absolute atomic E-state index is 0.682. The van der Waals surface area contributed by atoms with Gasteiger partial charge in [0.25, 0.3) is 0 Å². The first-order valence-corrected chi connectivity index (χ1v) is 7.43. The minimum Gasteiger partial charge on any atom is -0.496 e. The van der Waals surface area contributed by atoms with E-state index in [2.05, 4.69) is 35.8 Å². The molecular formula is C16H26N2O. The molecule has 0 saturated carbocycles. The van der Waals surface area contributed by atoms with E-state index < -0.39 is 0 Å². The Morgan fingerprint density at radius 1 is 1.42 bits per heavy atom. The lowest BCUT2D eigenvalue weighted by Crippen LogP contribution is -2.34. The van der Waals surface area contributed by atoms with Crippen LogP contribution in [0.3, 0.4) is 0 Å². The number of nitrogens with one attached hydrogen (secondary N) is 2. The van der Waals surface area contributed by atoms with Crippen molar-refractivity contribution >= 4 is 0 Å². The van der Waals surface area contributed by atoms with Crippen molar-refractivity contribution in [1.82, 2.24) is 10.6 Å². The molecule has 1 aromatic rings. The lowest BCUT2D eigenvalue weighted by molar-refractivity contribution is 0.410. The van der Waals surface area contributed by atoms with Gasteiger partial charge < -0.3 is 15.4 Å². The molecule has 0 spiro atoms. The Labute approximate surface area is 116 Å². The number of methoxy groups -OCH3 is 1. The first kappa shape index (κ1) is 14.4. The van der Waals surface area contributed by atoms with Crippen molar-refractivity contribution in [2.45, 2.75) is 38.6 Å². The average molecular weight is 262 g/mol. The molecule has 106 valence electrons. The van der Waals surface area contributed by atoms with Crippen LogP contribution in [0.5, 0.6) is 5.75 Å². The van der Waals surface area contributed by atoms with Crippen molar-refractivity contribution < 1.29 is 4.74 Å². The van der Waals surface area contributed by atoms with E-state index in [1.54, 1.807) is 7.11 Å². The van der Waals surface area contributed by atoms with Gasteiger partial charge in [-0.3, -0.25) is 0 Å². The highest BCUT2D eigenvalue weighted by Gasteiger charge is 2.12. The minimum atomic E-state index is 0.682. The molecule has 0 amide bonds. The van der Waals surface area contributed by atoms with Crippen LogP contribution in [0, 0.1) is 0 Å². The summed E-state index contributed by atoms with van der Waals surface area (Å²) in [5.41, 5.74) is 2.70. The number of ether oxygens (including phenoxy) is 1. The summed E-state index contributed by atoms with van der Waals surface area (Å²) in [6.07, 6.45) is 4.75. The van der Waals surface area contributed by atoms with Gasteiger partial charge in [0.05, 0.1) is 7.11 Å². The van der Waals surface area contributed by atoms with Crippen LogP contribution in [-0.4, -0.2) is 32.8 Å².